The van der Waals surface area contributed by atoms with Gasteiger partial charge in [0, 0.05) is 19.2 Å². The van der Waals surface area contributed by atoms with Gasteiger partial charge in [0.25, 0.3) is 5.91 Å². The molecule has 0 aromatic heterocycles. The first-order chi connectivity index (χ1) is 14.3. The second-order valence-electron chi connectivity index (χ2n) is 7.09. The summed E-state index contributed by atoms with van der Waals surface area (Å²) in [5.74, 6) is -0.504. The first kappa shape index (κ1) is 22.9. The molecular weight excluding hydrogens is 384 g/mol. The highest BCUT2D eigenvalue weighted by Crippen LogP contribution is 2.12. The monoisotopic (exact) mass is 412 g/mol. The molecule has 0 aliphatic rings. The second-order valence-corrected chi connectivity index (χ2v) is 7.09. The molecule has 0 bridgehead atoms. The van der Waals surface area contributed by atoms with Gasteiger partial charge in [-0.05, 0) is 44.5 Å². The maximum Gasteiger partial charge on any atom is 0.306 e. The zero-order chi connectivity index (χ0) is 21.9. The Morgan fingerprint density at radius 1 is 0.933 bits per heavy atom. The second kappa shape index (κ2) is 11.6. The number of rotatable bonds is 10. The lowest BCUT2D eigenvalue weighted by atomic mass is 10.2. The van der Waals surface area contributed by atoms with E-state index in [1.54, 1.807) is 12.1 Å². The lowest BCUT2D eigenvalue weighted by Gasteiger charge is -2.17. The Hall–Kier alpha value is -3.35. The highest BCUT2D eigenvalue weighted by molar-refractivity contribution is 5.94. The van der Waals surface area contributed by atoms with E-state index in [0.29, 0.717) is 18.7 Å². The lowest BCUT2D eigenvalue weighted by molar-refractivity contribution is -0.152. The minimum Gasteiger partial charge on any atom is -0.494 e. The Kier molecular flexibility index (Phi) is 8.87. The van der Waals surface area contributed by atoms with Crippen molar-refractivity contribution < 1.29 is 23.9 Å². The van der Waals surface area contributed by atoms with Crippen LogP contribution in [0.3, 0.4) is 0 Å². The summed E-state index contributed by atoms with van der Waals surface area (Å²) < 4.78 is 10.5. The number of carbonyl (C=O) groups excluding carboxylic acids is 3. The summed E-state index contributed by atoms with van der Waals surface area (Å²) in [5.41, 5.74) is 2.89. The quantitative estimate of drug-likeness (QED) is 0.479. The van der Waals surface area contributed by atoms with Gasteiger partial charge in [-0.25, -0.2) is 0 Å². The van der Waals surface area contributed by atoms with Crippen LogP contribution >= 0.6 is 0 Å². The van der Waals surface area contributed by atoms with Gasteiger partial charge in [0.1, 0.15) is 5.75 Å². The summed E-state index contributed by atoms with van der Waals surface area (Å²) in [4.78, 5) is 37.1. The molecule has 0 aliphatic heterocycles. The average molecular weight is 412 g/mol. The molecule has 0 saturated heterocycles. The Bertz CT molecular complexity index is 847. The van der Waals surface area contributed by atoms with E-state index in [1.165, 1.54) is 11.9 Å². The standard InChI is InChI=1S/C23H28N2O5/c1-17-6-10-19(11-7-17)24-21(26)15-25(3)22(27)16-30-23(28)5-4-14-29-20-12-8-18(2)9-13-20/h6-13H,4-5,14-16H2,1-3H3,(H,24,26). The van der Waals surface area contributed by atoms with E-state index in [1.807, 2.05) is 50.2 Å². The van der Waals surface area contributed by atoms with Gasteiger partial charge >= 0.3 is 5.97 Å². The molecule has 0 radical (unpaired) electrons. The maximum atomic E-state index is 12.1. The van der Waals surface area contributed by atoms with Crippen LogP contribution < -0.4 is 10.1 Å². The smallest absolute Gasteiger partial charge is 0.306 e. The molecule has 2 rings (SSSR count). The summed E-state index contributed by atoms with van der Waals surface area (Å²) in [6, 6.07) is 15.0. The third-order valence-electron chi connectivity index (χ3n) is 4.31. The minimum absolute atomic E-state index is 0.130. The molecule has 7 heteroatoms. The van der Waals surface area contributed by atoms with Crippen LogP contribution in [0, 0.1) is 13.8 Å². The molecule has 30 heavy (non-hydrogen) atoms. The molecule has 2 amide bonds. The number of hydrogen-bond acceptors (Lipinski definition) is 5. The summed E-state index contributed by atoms with van der Waals surface area (Å²) in [6.07, 6.45) is 0.631. The van der Waals surface area contributed by atoms with Gasteiger partial charge < -0.3 is 19.7 Å². The van der Waals surface area contributed by atoms with E-state index < -0.39 is 18.5 Å². The van der Waals surface area contributed by atoms with Crippen LogP contribution in [0.2, 0.25) is 0 Å². The fraction of sp³-hybridized carbons (Fsp3) is 0.348. The molecule has 2 aromatic rings. The van der Waals surface area contributed by atoms with Crippen molar-refractivity contribution in [1.82, 2.24) is 4.90 Å². The predicted octanol–water partition coefficient (Wildman–Crippen LogP) is 3.10. The molecule has 0 saturated carbocycles. The Morgan fingerprint density at radius 2 is 1.53 bits per heavy atom. The molecule has 0 spiro atoms. The number of ether oxygens (including phenoxy) is 2. The van der Waals surface area contributed by atoms with Gasteiger partial charge in [0.15, 0.2) is 6.61 Å². The van der Waals surface area contributed by atoms with E-state index in [4.69, 9.17) is 9.47 Å². The molecule has 160 valence electrons. The van der Waals surface area contributed by atoms with E-state index in [0.717, 1.165) is 16.9 Å². The van der Waals surface area contributed by atoms with Gasteiger partial charge in [-0.3, -0.25) is 14.4 Å². The van der Waals surface area contributed by atoms with Gasteiger partial charge in [0.2, 0.25) is 5.91 Å². The summed E-state index contributed by atoms with van der Waals surface area (Å²) >= 11 is 0. The van der Waals surface area contributed by atoms with Crippen LogP contribution in [-0.4, -0.2) is 49.5 Å². The summed E-state index contributed by atoms with van der Waals surface area (Å²) in [7, 11) is 1.49. The molecule has 0 unspecified atom stereocenters. The molecule has 0 aliphatic carbocycles. The predicted molar refractivity (Wildman–Crippen MR) is 114 cm³/mol. The highest BCUT2D eigenvalue weighted by Gasteiger charge is 2.15. The Labute approximate surface area is 177 Å². The molecule has 1 N–H and O–H groups in total. The normalized spacial score (nSPS) is 10.2. The maximum absolute atomic E-state index is 12.1. The number of likely N-dealkylation sites (N-methyl/N-ethyl adjacent to an activating group) is 1. The Morgan fingerprint density at radius 3 is 2.17 bits per heavy atom. The first-order valence-electron chi connectivity index (χ1n) is 9.79. The SMILES string of the molecule is Cc1ccc(NC(=O)CN(C)C(=O)COC(=O)CCCOc2ccc(C)cc2)cc1. The zero-order valence-electron chi connectivity index (χ0n) is 17.6. The molecule has 2 aromatic carbocycles. The number of aryl methyl sites for hydroxylation is 2. The van der Waals surface area contributed by atoms with Crippen LogP contribution in [0.5, 0.6) is 5.75 Å². The van der Waals surface area contributed by atoms with Crippen LogP contribution in [-0.2, 0) is 19.1 Å². The zero-order valence-corrected chi connectivity index (χ0v) is 17.6. The number of benzene rings is 2. The van der Waals surface area contributed by atoms with Crippen molar-refractivity contribution in [1.29, 1.82) is 0 Å². The lowest BCUT2D eigenvalue weighted by Crippen LogP contribution is -2.37. The van der Waals surface area contributed by atoms with Crippen molar-refractivity contribution in [3.8, 4) is 5.75 Å². The van der Waals surface area contributed by atoms with E-state index in [2.05, 4.69) is 5.32 Å². The number of amides is 2. The molecule has 7 nitrogen and oxygen atoms in total. The molecule has 0 heterocycles. The minimum atomic E-state index is -0.478. The van der Waals surface area contributed by atoms with Gasteiger partial charge in [-0.15, -0.1) is 0 Å². The van der Waals surface area contributed by atoms with Crippen molar-refractivity contribution in [2.75, 3.05) is 32.1 Å². The number of nitrogens with zero attached hydrogens (tertiary/aromatic N) is 1. The largest absolute Gasteiger partial charge is 0.494 e. The average Bonchev–Trinajstić information content (AvgIpc) is 2.72. The van der Waals surface area contributed by atoms with Crippen molar-refractivity contribution in [2.24, 2.45) is 0 Å². The summed E-state index contributed by atoms with van der Waals surface area (Å²) in [6.45, 7) is 3.80. The third kappa shape index (κ3) is 8.34. The van der Waals surface area contributed by atoms with Gasteiger partial charge in [0.05, 0.1) is 13.2 Å². The van der Waals surface area contributed by atoms with E-state index >= 15 is 0 Å². The number of esters is 1. The van der Waals surface area contributed by atoms with Crippen LogP contribution in [0.4, 0.5) is 5.69 Å². The summed E-state index contributed by atoms with van der Waals surface area (Å²) in [5, 5.41) is 2.72. The fourth-order valence-electron chi connectivity index (χ4n) is 2.51. The van der Waals surface area contributed by atoms with Crippen LogP contribution in [0.1, 0.15) is 24.0 Å². The van der Waals surface area contributed by atoms with Gasteiger partial charge in [-0.1, -0.05) is 35.4 Å². The fourth-order valence-corrected chi connectivity index (χ4v) is 2.51. The first-order valence-corrected chi connectivity index (χ1v) is 9.79. The third-order valence-corrected chi connectivity index (χ3v) is 4.31. The van der Waals surface area contributed by atoms with Crippen molar-refractivity contribution >= 4 is 23.5 Å². The van der Waals surface area contributed by atoms with Crippen LogP contribution in [0.15, 0.2) is 48.5 Å². The number of hydrogen-bond donors (Lipinski definition) is 1. The molecule has 0 fully saturated rings. The van der Waals surface area contributed by atoms with E-state index in [9.17, 15) is 14.4 Å². The number of nitrogens with one attached hydrogen (secondary N) is 1. The molecule has 0 atom stereocenters. The highest BCUT2D eigenvalue weighted by atomic mass is 16.5. The topological polar surface area (TPSA) is 84.9 Å². The van der Waals surface area contributed by atoms with E-state index in [-0.39, 0.29) is 18.9 Å². The van der Waals surface area contributed by atoms with Gasteiger partial charge in [-0.2, -0.15) is 0 Å². The van der Waals surface area contributed by atoms with Crippen molar-refractivity contribution in [3.05, 3.63) is 59.7 Å². The van der Waals surface area contributed by atoms with Crippen molar-refractivity contribution in [2.45, 2.75) is 26.7 Å². The van der Waals surface area contributed by atoms with Crippen LogP contribution in [0.25, 0.3) is 0 Å². The molecular formula is C23H28N2O5. The Balaban J connectivity index is 1.61. The number of carbonyl (C=O) groups is 3. The number of anilines is 1. The van der Waals surface area contributed by atoms with Crippen molar-refractivity contribution in [3.63, 3.8) is 0 Å².